The van der Waals surface area contributed by atoms with Crippen molar-refractivity contribution in [2.24, 2.45) is 0 Å². The summed E-state index contributed by atoms with van der Waals surface area (Å²) in [6, 6.07) is 8.99. The van der Waals surface area contributed by atoms with E-state index in [1.165, 1.54) is 26.4 Å². The number of hydrogen-bond donors (Lipinski definition) is 2. The number of rotatable bonds is 4. The van der Waals surface area contributed by atoms with Gasteiger partial charge in [-0.15, -0.1) is 0 Å². The Morgan fingerprint density at radius 1 is 1.19 bits per heavy atom. The maximum Gasteiger partial charge on any atom is 0.259 e. The highest BCUT2D eigenvalue weighted by atomic mass is 19.1. The van der Waals surface area contributed by atoms with Gasteiger partial charge in [0.05, 0.1) is 25.5 Å². The first-order chi connectivity index (χ1) is 10.1. The van der Waals surface area contributed by atoms with Crippen molar-refractivity contribution in [3.63, 3.8) is 0 Å². The number of nitrogens with one attached hydrogen (secondary N) is 1. The van der Waals surface area contributed by atoms with Crippen molar-refractivity contribution < 1.29 is 18.7 Å². The fourth-order valence-corrected chi connectivity index (χ4v) is 1.90. The van der Waals surface area contributed by atoms with Crippen molar-refractivity contribution in [2.75, 3.05) is 25.3 Å². The number of amides is 1. The zero-order chi connectivity index (χ0) is 15.4. The molecule has 0 spiro atoms. The van der Waals surface area contributed by atoms with Gasteiger partial charge in [0.2, 0.25) is 0 Å². The standard InChI is InChI=1S/C15H15FN2O3/c1-20-13-7-6-9(8-11(13)16)18-15(19)10-4-3-5-12(17)14(10)21-2/h3-8H,17H2,1-2H3,(H,18,19). The number of anilines is 2. The van der Waals surface area contributed by atoms with Crippen LogP contribution in [-0.4, -0.2) is 20.1 Å². The lowest BCUT2D eigenvalue weighted by Gasteiger charge is -2.11. The van der Waals surface area contributed by atoms with E-state index < -0.39 is 11.7 Å². The topological polar surface area (TPSA) is 73.6 Å². The third-order valence-electron chi connectivity index (χ3n) is 2.90. The second-order valence-corrected chi connectivity index (χ2v) is 4.23. The number of hydrogen-bond acceptors (Lipinski definition) is 4. The first-order valence-electron chi connectivity index (χ1n) is 6.14. The minimum atomic E-state index is -0.560. The van der Waals surface area contributed by atoms with Crippen molar-refractivity contribution in [3.8, 4) is 11.5 Å². The highest BCUT2D eigenvalue weighted by Crippen LogP contribution is 2.27. The van der Waals surface area contributed by atoms with E-state index in [0.29, 0.717) is 11.4 Å². The van der Waals surface area contributed by atoms with E-state index in [-0.39, 0.29) is 17.1 Å². The summed E-state index contributed by atoms with van der Waals surface area (Å²) in [7, 11) is 2.80. The van der Waals surface area contributed by atoms with Gasteiger partial charge < -0.3 is 20.5 Å². The van der Waals surface area contributed by atoms with E-state index in [9.17, 15) is 9.18 Å². The fraction of sp³-hybridized carbons (Fsp3) is 0.133. The first kappa shape index (κ1) is 14.6. The molecule has 1 amide bonds. The Morgan fingerprint density at radius 3 is 2.57 bits per heavy atom. The lowest BCUT2D eigenvalue weighted by molar-refractivity contribution is 0.102. The molecule has 0 heterocycles. The highest BCUT2D eigenvalue weighted by Gasteiger charge is 2.15. The quantitative estimate of drug-likeness (QED) is 0.849. The van der Waals surface area contributed by atoms with Crippen LogP contribution in [0.1, 0.15) is 10.4 Å². The molecule has 0 aliphatic rings. The van der Waals surface area contributed by atoms with Crippen molar-refractivity contribution in [2.45, 2.75) is 0 Å². The molecule has 0 unspecified atom stereocenters. The molecule has 21 heavy (non-hydrogen) atoms. The van der Waals surface area contributed by atoms with Gasteiger partial charge in [0, 0.05) is 11.8 Å². The molecular weight excluding hydrogens is 275 g/mol. The summed E-state index contributed by atoms with van der Waals surface area (Å²) in [5, 5.41) is 2.58. The largest absolute Gasteiger partial charge is 0.494 e. The van der Waals surface area contributed by atoms with Gasteiger partial charge >= 0.3 is 0 Å². The van der Waals surface area contributed by atoms with Crippen LogP contribution in [0, 0.1) is 5.82 Å². The molecule has 0 bridgehead atoms. The first-order valence-corrected chi connectivity index (χ1v) is 6.14. The van der Waals surface area contributed by atoms with Gasteiger partial charge in [0.15, 0.2) is 17.3 Å². The summed E-state index contributed by atoms with van der Waals surface area (Å²) in [5.74, 6) is -0.614. The highest BCUT2D eigenvalue weighted by molar-refractivity contribution is 6.07. The van der Waals surface area contributed by atoms with Crippen LogP contribution in [0.15, 0.2) is 36.4 Å². The van der Waals surface area contributed by atoms with Crippen LogP contribution >= 0.6 is 0 Å². The molecule has 0 fully saturated rings. The van der Waals surface area contributed by atoms with Crippen LogP contribution in [-0.2, 0) is 0 Å². The van der Waals surface area contributed by atoms with Crippen LogP contribution in [0.3, 0.4) is 0 Å². The normalized spacial score (nSPS) is 10.0. The van der Waals surface area contributed by atoms with Gasteiger partial charge in [-0.2, -0.15) is 0 Å². The molecule has 2 rings (SSSR count). The van der Waals surface area contributed by atoms with Crippen molar-refractivity contribution in [3.05, 3.63) is 47.8 Å². The maximum absolute atomic E-state index is 13.6. The van der Waals surface area contributed by atoms with Gasteiger partial charge in [-0.05, 0) is 24.3 Å². The summed E-state index contributed by atoms with van der Waals surface area (Å²) < 4.78 is 23.5. The molecule has 3 N–H and O–H groups in total. The Balaban J connectivity index is 2.26. The van der Waals surface area contributed by atoms with E-state index in [1.807, 2.05) is 0 Å². The molecule has 5 nitrogen and oxygen atoms in total. The molecular formula is C15H15FN2O3. The third kappa shape index (κ3) is 3.05. The summed E-state index contributed by atoms with van der Waals surface area (Å²) in [5.41, 5.74) is 6.68. The second kappa shape index (κ2) is 6.13. The molecule has 0 atom stereocenters. The van der Waals surface area contributed by atoms with Crippen molar-refractivity contribution >= 4 is 17.3 Å². The van der Waals surface area contributed by atoms with Crippen LogP contribution in [0.5, 0.6) is 11.5 Å². The minimum Gasteiger partial charge on any atom is -0.494 e. The molecule has 2 aromatic carbocycles. The van der Waals surface area contributed by atoms with Crippen molar-refractivity contribution in [1.29, 1.82) is 0 Å². The number of carbonyl (C=O) groups excluding carboxylic acids is 1. The summed E-state index contributed by atoms with van der Waals surface area (Å²) in [4.78, 5) is 12.2. The number of nitrogen functional groups attached to an aromatic ring is 1. The molecule has 6 heteroatoms. The van der Waals surface area contributed by atoms with Gasteiger partial charge in [0.1, 0.15) is 0 Å². The lowest BCUT2D eigenvalue weighted by Crippen LogP contribution is -2.14. The summed E-state index contributed by atoms with van der Waals surface area (Å²) >= 11 is 0. The maximum atomic E-state index is 13.6. The van der Waals surface area contributed by atoms with Gasteiger partial charge in [0.25, 0.3) is 5.91 Å². The Labute approximate surface area is 121 Å². The molecule has 0 aliphatic carbocycles. The second-order valence-electron chi connectivity index (χ2n) is 4.23. The Kier molecular flexibility index (Phi) is 4.27. The predicted molar refractivity (Wildman–Crippen MR) is 78.3 cm³/mol. The number of methoxy groups -OCH3 is 2. The summed E-state index contributed by atoms with van der Waals surface area (Å²) in [6.07, 6.45) is 0. The number of benzene rings is 2. The molecule has 0 saturated heterocycles. The number of nitrogens with two attached hydrogens (primary N) is 1. The Morgan fingerprint density at radius 2 is 1.95 bits per heavy atom. The van der Waals surface area contributed by atoms with Crippen molar-refractivity contribution in [1.82, 2.24) is 0 Å². The number of halogens is 1. The van der Waals surface area contributed by atoms with Crippen LogP contribution in [0.2, 0.25) is 0 Å². The lowest BCUT2D eigenvalue weighted by atomic mass is 10.1. The molecule has 0 aliphatic heterocycles. The average Bonchev–Trinajstić information content (AvgIpc) is 2.47. The van der Waals surface area contributed by atoms with E-state index in [0.717, 1.165) is 0 Å². The zero-order valence-corrected chi connectivity index (χ0v) is 11.6. The number of para-hydroxylation sites is 1. The van der Waals surface area contributed by atoms with Crippen LogP contribution in [0.4, 0.5) is 15.8 Å². The van der Waals surface area contributed by atoms with Crippen LogP contribution < -0.4 is 20.5 Å². The smallest absolute Gasteiger partial charge is 0.259 e. The predicted octanol–water partition coefficient (Wildman–Crippen LogP) is 2.68. The van der Waals surface area contributed by atoms with Gasteiger partial charge in [-0.3, -0.25) is 4.79 Å². The van der Waals surface area contributed by atoms with E-state index in [1.54, 1.807) is 24.3 Å². The SMILES string of the molecule is COc1ccc(NC(=O)c2cccc(N)c2OC)cc1F. The third-order valence-corrected chi connectivity index (χ3v) is 2.90. The number of ether oxygens (including phenoxy) is 2. The zero-order valence-electron chi connectivity index (χ0n) is 11.6. The fourth-order valence-electron chi connectivity index (χ4n) is 1.90. The molecule has 0 radical (unpaired) electrons. The molecule has 0 saturated carbocycles. The van der Waals surface area contributed by atoms with E-state index >= 15 is 0 Å². The Bertz CT molecular complexity index is 674. The average molecular weight is 290 g/mol. The van der Waals surface area contributed by atoms with Gasteiger partial charge in [-0.25, -0.2) is 4.39 Å². The van der Waals surface area contributed by atoms with E-state index in [2.05, 4.69) is 5.32 Å². The van der Waals surface area contributed by atoms with E-state index in [4.69, 9.17) is 15.2 Å². The summed E-state index contributed by atoms with van der Waals surface area (Å²) in [6.45, 7) is 0. The monoisotopic (exact) mass is 290 g/mol. The Hall–Kier alpha value is -2.76. The molecule has 2 aromatic rings. The number of carbonyl (C=O) groups is 1. The minimum absolute atomic E-state index is 0.106. The van der Waals surface area contributed by atoms with Gasteiger partial charge in [-0.1, -0.05) is 6.07 Å². The molecule has 0 aromatic heterocycles. The molecule has 110 valence electrons. The van der Waals surface area contributed by atoms with Crippen LogP contribution in [0.25, 0.3) is 0 Å².